The second-order valence-electron chi connectivity index (χ2n) is 7.95. The lowest BCUT2D eigenvalue weighted by molar-refractivity contribution is -0.301. The molecule has 128 valence electrons. The molecule has 0 heterocycles. The first-order valence-electron chi connectivity index (χ1n) is 9.71. The molecule has 0 spiro atoms. The third-order valence-electron chi connectivity index (χ3n) is 6.44. The molecule has 3 heteroatoms. The summed E-state index contributed by atoms with van der Waals surface area (Å²) in [6, 6.07) is 0. The molecule has 3 rings (SSSR count). The Morgan fingerprint density at radius 3 is 1.68 bits per heavy atom. The van der Waals surface area contributed by atoms with E-state index in [0.717, 1.165) is 44.4 Å². The zero-order valence-electron chi connectivity index (χ0n) is 13.9. The van der Waals surface area contributed by atoms with Gasteiger partial charge in [0, 0.05) is 0 Å². The minimum atomic E-state index is -2.89. The number of alkyl halides is 2. The molecule has 3 aliphatic carbocycles. The summed E-state index contributed by atoms with van der Waals surface area (Å²) in [4.78, 5) is 0. The maximum Gasteiger partial charge on any atom is 0.358 e. The Balaban J connectivity index is 1.46. The Labute approximate surface area is 134 Å². The van der Waals surface area contributed by atoms with Crippen molar-refractivity contribution in [3.05, 3.63) is 0 Å². The molecule has 0 aromatic rings. The molecule has 0 aromatic carbocycles. The second-order valence-corrected chi connectivity index (χ2v) is 7.95. The van der Waals surface area contributed by atoms with E-state index in [0.29, 0.717) is 18.8 Å². The lowest BCUT2D eigenvalue weighted by Crippen LogP contribution is -2.39. The Morgan fingerprint density at radius 1 is 0.591 bits per heavy atom. The normalized spacial score (nSPS) is 33.0. The van der Waals surface area contributed by atoms with Gasteiger partial charge in [-0.25, -0.2) is 0 Å². The lowest BCUT2D eigenvalue weighted by Gasteiger charge is -2.39. The Hall–Kier alpha value is -0.180. The van der Waals surface area contributed by atoms with Crippen molar-refractivity contribution in [3.8, 4) is 0 Å². The van der Waals surface area contributed by atoms with Gasteiger partial charge < -0.3 is 4.74 Å². The quantitative estimate of drug-likeness (QED) is 0.590. The van der Waals surface area contributed by atoms with Gasteiger partial charge in [0.1, 0.15) is 0 Å². The van der Waals surface area contributed by atoms with Crippen molar-refractivity contribution in [2.75, 3.05) is 0 Å². The van der Waals surface area contributed by atoms with Crippen molar-refractivity contribution < 1.29 is 13.5 Å². The zero-order valence-corrected chi connectivity index (χ0v) is 13.9. The van der Waals surface area contributed by atoms with Gasteiger partial charge in [-0.1, -0.05) is 51.4 Å². The highest BCUT2D eigenvalue weighted by Crippen LogP contribution is 2.45. The van der Waals surface area contributed by atoms with E-state index in [1.807, 2.05) is 0 Å². The molecule has 22 heavy (non-hydrogen) atoms. The van der Waals surface area contributed by atoms with Crippen molar-refractivity contribution >= 4 is 0 Å². The first-order chi connectivity index (χ1) is 10.6. The molecule has 0 N–H and O–H groups in total. The monoisotopic (exact) mass is 314 g/mol. The largest absolute Gasteiger partial charge is 0.358 e. The van der Waals surface area contributed by atoms with E-state index >= 15 is 0 Å². The predicted molar refractivity (Wildman–Crippen MR) is 84.9 cm³/mol. The molecule has 0 saturated heterocycles. The van der Waals surface area contributed by atoms with Crippen LogP contribution in [-0.4, -0.2) is 12.2 Å². The fourth-order valence-corrected chi connectivity index (χ4v) is 5.03. The van der Waals surface area contributed by atoms with Gasteiger partial charge in [-0.2, -0.15) is 8.78 Å². The van der Waals surface area contributed by atoms with Crippen molar-refractivity contribution in [1.29, 1.82) is 0 Å². The minimum Gasteiger partial charge on any atom is -0.317 e. The molecule has 3 saturated carbocycles. The molecule has 0 unspecified atom stereocenters. The third-order valence-corrected chi connectivity index (χ3v) is 6.44. The van der Waals surface area contributed by atoms with Crippen LogP contribution in [0.3, 0.4) is 0 Å². The number of hydrogen-bond donors (Lipinski definition) is 0. The van der Waals surface area contributed by atoms with E-state index in [2.05, 4.69) is 0 Å². The van der Waals surface area contributed by atoms with Crippen LogP contribution in [0.15, 0.2) is 0 Å². The van der Waals surface area contributed by atoms with Gasteiger partial charge >= 0.3 is 6.11 Å². The fourth-order valence-electron chi connectivity index (χ4n) is 5.03. The van der Waals surface area contributed by atoms with Crippen LogP contribution < -0.4 is 0 Å². The summed E-state index contributed by atoms with van der Waals surface area (Å²) in [7, 11) is 0. The van der Waals surface area contributed by atoms with Crippen LogP contribution in [0.5, 0.6) is 0 Å². The molecule has 3 aliphatic rings. The van der Waals surface area contributed by atoms with E-state index in [-0.39, 0.29) is 6.10 Å². The summed E-state index contributed by atoms with van der Waals surface area (Å²) < 4.78 is 34.1. The summed E-state index contributed by atoms with van der Waals surface area (Å²) >= 11 is 0. The van der Waals surface area contributed by atoms with Crippen LogP contribution >= 0.6 is 0 Å². The molecule has 0 bridgehead atoms. The van der Waals surface area contributed by atoms with Gasteiger partial charge in [0.15, 0.2) is 0 Å². The number of hydrogen-bond acceptors (Lipinski definition) is 1. The average molecular weight is 314 g/mol. The highest BCUT2D eigenvalue weighted by atomic mass is 19.3. The van der Waals surface area contributed by atoms with E-state index in [9.17, 15) is 8.78 Å². The van der Waals surface area contributed by atoms with Crippen LogP contribution in [0.1, 0.15) is 89.9 Å². The van der Waals surface area contributed by atoms with Gasteiger partial charge in [0.05, 0.1) is 12.0 Å². The Bertz CT molecular complexity index is 324. The summed E-state index contributed by atoms with van der Waals surface area (Å²) in [5.74, 6) is 0.999. The first kappa shape index (κ1) is 16.7. The molecule has 3 fully saturated rings. The van der Waals surface area contributed by atoms with Crippen LogP contribution in [0.25, 0.3) is 0 Å². The summed E-state index contributed by atoms with van der Waals surface area (Å²) in [5, 5.41) is 0. The first-order valence-corrected chi connectivity index (χ1v) is 9.71. The van der Waals surface area contributed by atoms with E-state index in [1.165, 1.54) is 38.5 Å². The molecular formula is C19H32F2O. The Kier molecular flexibility index (Phi) is 5.75. The van der Waals surface area contributed by atoms with Crippen molar-refractivity contribution in [2.24, 2.45) is 17.8 Å². The van der Waals surface area contributed by atoms with Crippen LogP contribution in [0.4, 0.5) is 8.78 Å². The van der Waals surface area contributed by atoms with E-state index < -0.39 is 12.0 Å². The molecular weight excluding hydrogens is 282 g/mol. The summed E-state index contributed by atoms with van der Waals surface area (Å²) in [5.41, 5.74) is 0. The number of halogens is 2. The summed E-state index contributed by atoms with van der Waals surface area (Å²) in [6.07, 6.45) is 11.9. The van der Waals surface area contributed by atoms with Crippen molar-refractivity contribution in [1.82, 2.24) is 0 Å². The van der Waals surface area contributed by atoms with Gasteiger partial charge in [-0.3, -0.25) is 0 Å². The zero-order chi connectivity index (χ0) is 15.4. The molecule has 0 aromatic heterocycles. The SMILES string of the molecule is FC(F)(OC1CCCCC1)C1CCC(C2CCCCC2)CC1. The van der Waals surface area contributed by atoms with Gasteiger partial charge in [0.25, 0.3) is 0 Å². The topological polar surface area (TPSA) is 9.23 Å². The molecule has 1 nitrogen and oxygen atoms in total. The van der Waals surface area contributed by atoms with Crippen molar-refractivity contribution in [2.45, 2.75) is 102 Å². The van der Waals surface area contributed by atoms with Crippen LogP contribution in [0.2, 0.25) is 0 Å². The van der Waals surface area contributed by atoms with E-state index in [1.54, 1.807) is 0 Å². The fraction of sp³-hybridized carbons (Fsp3) is 1.00. The smallest absolute Gasteiger partial charge is 0.317 e. The molecule has 0 aliphatic heterocycles. The number of rotatable bonds is 4. The third kappa shape index (κ3) is 4.21. The second kappa shape index (κ2) is 7.59. The minimum absolute atomic E-state index is 0.195. The maximum absolute atomic E-state index is 14.4. The molecule has 0 atom stereocenters. The van der Waals surface area contributed by atoms with Crippen molar-refractivity contribution in [3.63, 3.8) is 0 Å². The highest BCUT2D eigenvalue weighted by molar-refractivity contribution is 4.83. The predicted octanol–water partition coefficient (Wildman–Crippen LogP) is 6.32. The summed E-state index contributed by atoms with van der Waals surface area (Å²) in [6.45, 7) is 0. The van der Waals surface area contributed by atoms with Crippen LogP contribution in [-0.2, 0) is 4.74 Å². The average Bonchev–Trinajstić information content (AvgIpc) is 2.56. The standard InChI is InChI=1S/C19H32F2O/c20-19(21,22-18-9-5-2-6-10-18)17-13-11-16(12-14-17)15-7-3-1-4-8-15/h15-18H,1-14H2. The highest BCUT2D eigenvalue weighted by Gasteiger charge is 2.45. The number of ether oxygens (including phenoxy) is 1. The Morgan fingerprint density at radius 2 is 1.09 bits per heavy atom. The van der Waals surface area contributed by atoms with Gasteiger partial charge in [-0.05, 0) is 50.4 Å². The van der Waals surface area contributed by atoms with Crippen LogP contribution in [0, 0.1) is 17.8 Å². The lowest BCUT2D eigenvalue weighted by atomic mass is 9.71. The van der Waals surface area contributed by atoms with E-state index in [4.69, 9.17) is 4.74 Å². The molecule has 0 radical (unpaired) electrons. The maximum atomic E-state index is 14.4. The van der Waals surface area contributed by atoms with Gasteiger partial charge in [-0.15, -0.1) is 0 Å². The van der Waals surface area contributed by atoms with Gasteiger partial charge in [0.2, 0.25) is 0 Å². The molecule has 0 amide bonds.